The van der Waals surface area contributed by atoms with E-state index >= 15 is 0 Å². The van der Waals surface area contributed by atoms with Crippen molar-refractivity contribution >= 4 is 36.2 Å². The van der Waals surface area contributed by atoms with Gasteiger partial charge in [0.1, 0.15) is 6.04 Å². The number of hydrogen-bond acceptors (Lipinski definition) is 8. The van der Waals surface area contributed by atoms with Crippen LogP contribution in [0.15, 0.2) is 22.5 Å². The number of nitrogens with two attached hydrogens (primary N) is 1. The SMILES string of the molecule is CC(C)C[C@H](NC(=O)[C@H](CCCN=C(N)N[N+](=O)[O-])NC(=O)CCCc1cccs1)B(O)O. The number of hydrazine groups is 1. The highest BCUT2D eigenvalue weighted by atomic mass is 32.1. The zero-order valence-electron chi connectivity index (χ0n) is 18.9. The number of aliphatic imine (C=N–C) groups is 1. The molecule has 14 heteroatoms. The summed E-state index contributed by atoms with van der Waals surface area (Å²) in [6, 6.07) is 3.01. The van der Waals surface area contributed by atoms with Crippen LogP contribution in [0.1, 0.15) is 50.8 Å². The third kappa shape index (κ3) is 12.8. The number of rotatable bonds is 15. The van der Waals surface area contributed by atoms with Gasteiger partial charge in [-0.15, -0.1) is 11.3 Å². The molecule has 0 saturated carbocycles. The van der Waals surface area contributed by atoms with Crippen LogP contribution in [0.5, 0.6) is 0 Å². The lowest BCUT2D eigenvalue weighted by Gasteiger charge is -2.24. The molecule has 0 radical (unpaired) electrons. The molecule has 0 saturated heterocycles. The van der Waals surface area contributed by atoms with Gasteiger partial charge in [-0.25, -0.2) is 15.1 Å². The Bertz CT molecular complexity index is 777. The van der Waals surface area contributed by atoms with Crippen molar-refractivity contribution in [3.8, 4) is 0 Å². The third-order valence-corrected chi connectivity index (χ3v) is 5.55. The summed E-state index contributed by atoms with van der Waals surface area (Å²) in [6.07, 6.45) is 2.46. The van der Waals surface area contributed by atoms with E-state index in [2.05, 4.69) is 15.6 Å². The highest BCUT2D eigenvalue weighted by molar-refractivity contribution is 7.09. The summed E-state index contributed by atoms with van der Waals surface area (Å²) in [5.74, 6) is -1.98. The molecule has 0 spiro atoms. The largest absolute Gasteiger partial charge is 0.475 e. The number of carbonyl (C=O) groups excluding carboxylic acids is 2. The second-order valence-electron chi connectivity index (χ2n) is 7.99. The number of nitro groups is 1. The lowest BCUT2D eigenvalue weighted by Crippen LogP contribution is -2.54. The summed E-state index contributed by atoms with van der Waals surface area (Å²) >= 11 is 1.61. The predicted molar refractivity (Wildman–Crippen MR) is 127 cm³/mol. The molecule has 1 aromatic heterocycles. The Hall–Kier alpha value is -2.71. The van der Waals surface area contributed by atoms with Crippen LogP contribution in [0.25, 0.3) is 0 Å². The first-order chi connectivity index (χ1) is 15.6. The van der Waals surface area contributed by atoms with E-state index in [4.69, 9.17) is 5.73 Å². The van der Waals surface area contributed by atoms with Crippen LogP contribution >= 0.6 is 11.3 Å². The first-order valence-corrected chi connectivity index (χ1v) is 11.7. The number of nitrogens with zero attached hydrogens (tertiary/aromatic N) is 2. The zero-order chi connectivity index (χ0) is 24.8. The van der Waals surface area contributed by atoms with Crippen LogP contribution < -0.4 is 21.8 Å². The summed E-state index contributed by atoms with van der Waals surface area (Å²) in [4.78, 5) is 40.5. The van der Waals surface area contributed by atoms with E-state index < -0.39 is 30.0 Å². The molecule has 1 rings (SSSR count). The smallest absolute Gasteiger partial charge is 0.426 e. The fourth-order valence-corrected chi connectivity index (χ4v) is 3.83. The molecular weight excluding hydrogens is 451 g/mol. The summed E-state index contributed by atoms with van der Waals surface area (Å²) in [5.41, 5.74) is 7.09. The molecule has 0 fully saturated rings. The molecule has 0 bridgehead atoms. The molecule has 0 aliphatic heterocycles. The second kappa shape index (κ2) is 15.2. The second-order valence-corrected chi connectivity index (χ2v) is 9.02. The summed E-state index contributed by atoms with van der Waals surface area (Å²) < 4.78 is 0. The average molecular weight is 484 g/mol. The van der Waals surface area contributed by atoms with Crippen LogP contribution in [0.4, 0.5) is 0 Å². The minimum Gasteiger partial charge on any atom is -0.426 e. The van der Waals surface area contributed by atoms with Crippen LogP contribution in [-0.4, -0.2) is 58.5 Å². The Morgan fingerprint density at radius 3 is 2.61 bits per heavy atom. The Morgan fingerprint density at radius 2 is 2.03 bits per heavy atom. The molecule has 0 unspecified atom stereocenters. The molecule has 33 heavy (non-hydrogen) atoms. The van der Waals surface area contributed by atoms with Gasteiger partial charge in [0.25, 0.3) is 5.96 Å². The molecule has 1 heterocycles. The molecule has 12 nitrogen and oxygen atoms in total. The molecular formula is C19H33BN6O6S. The number of thiophene rings is 1. The predicted octanol–water partition coefficient (Wildman–Crippen LogP) is -0.0253. The zero-order valence-corrected chi connectivity index (χ0v) is 19.7. The number of nitrogens with one attached hydrogen (secondary N) is 3. The van der Waals surface area contributed by atoms with Crippen LogP contribution in [0, 0.1) is 16.0 Å². The molecule has 2 atom stereocenters. The van der Waals surface area contributed by atoms with Gasteiger partial charge >= 0.3 is 7.12 Å². The van der Waals surface area contributed by atoms with E-state index in [1.165, 1.54) is 4.88 Å². The number of amides is 2. The van der Waals surface area contributed by atoms with Gasteiger partial charge in [0, 0.05) is 17.8 Å². The topological polar surface area (TPSA) is 192 Å². The molecule has 2 amide bonds. The summed E-state index contributed by atoms with van der Waals surface area (Å²) in [5, 5.41) is 36.0. The van der Waals surface area contributed by atoms with Gasteiger partial charge < -0.3 is 26.4 Å². The van der Waals surface area contributed by atoms with Gasteiger partial charge in [-0.1, -0.05) is 25.3 Å². The first kappa shape index (κ1) is 28.3. The maximum absolute atomic E-state index is 12.8. The number of guanidine groups is 1. The van der Waals surface area contributed by atoms with Gasteiger partial charge in [0.05, 0.1) is 5.94 Å². The van der Waals surface area contributed by atoms with Gasteiger partial charge in [0.15, 0.2) is 5.03 Å². The monoisotopic (exact) mass is 484 g/mol. The van der Waals surface area contributed by atoms with Crippen molar-refractivity contribution in [2.45, 2.75) is 64.4 Å². The van der Waals surface area contributed by atoms with E-state index in [1.807, 2.05) is 31.4 Å². The number of hydrogen-bond donors (Lipinski definition) is 6. The molecule has 0 aliphatic carbocycles. The molecule has 0 aromatic carbocycles. The van der Waals surface area contributed by atoms with Crippen molar-refractivity contribution in [1.29, 1.82) is 0 Å². The van der Waals surface area contributed by atoms with E-state index in [9.17, 15) is 29.8 Å². The third-order valence-electron chi connectivity index (χ3n) is 4.61. The molecule has 1 aromatic rings. The number of carbonyl (C=O) groups is 2. The van der Waals surface area contributed by atoms with Crippen molar-refractivity contribution < 1.29 is 24.7 Å². The van der Waals surface area contributed by atoms with E-state index in [0.29, 0.717) is 19.3 Å². The van der Waals surface area contributed by atoms with Gasteiger partial charge in [0.2, 0.25) is 11.8 Å². The van der Waals surface area contributed by atoms with Crippen molar-refractivity contribution in [3.63, 3.8) is 0 Å². The van der Waals surface area contributed by atoms with E-state index in [0.717, 1.165) is 6.42 Å². The summed E-state index contributed by atoms with van der Waals surface area (Å²) in [6.45, 7) is 3.87. The Balaban J connectivity index is 2.69. The Kier molecular flexibility index (Phi) is 13.0. The summed E-state index contributed by atoms with van der Waals surface area (Å²) in [7, 11) is -1.74. The quantitative estimate of drug-likeness (QED) is 0.0499. The van der Waals surface area contributed by atoms with Crippen molar-refractivity contribution in [2.24, 2.45) is 16.6 Å². The van der Waals surface area contributed by atoms with Crippen molar-refractivity contribution in [2.75, 3.05) is 6.54 Å². The van der Waals surface area contributed by atoms with Gasteiger partial charge in [-0.2, -0.15) is 0 Å². The van der Waals surface area contributed by atoms with Gasteiger partial charge in [-0.3, -0.25) is 9.59 Å². The molecule has 184 valence electrons. The van der Waals surface area contributed by atoms with Gasteiger partial charge in [-0.05, 0) is 49.5 Å². The van der Waals surface area contributed by atoms with Crippen LogP contribution in [0.3, 0.4) is 0 Å². The van der Waals surface area contributed by atoms with E-state index in [-0.39, 0.29) is 37.2 Å². The van der Waals surface area contributed by atoms with Crippen molar-refractivity contribution in [1.82, 2.24) is 16.1 Å². The van der Waals surface area contributed by atoms with Crippen LogP contribution in [0.2, 0.25) is 0 Å². The lowest BCUT2D eigenvalue weighted by molar-refractivity contribution is -0.525. The maximum atomic E-state index is 12.8. The fourth-order valence-electron chi connectivity index (χ4n) is 3.08. The minimum absolute atomic E-state index is 0.0999. The first-order valence-electron chi connectivity index (χ1n) is 10.8. The maximum Gasteiger partial charge on any atom is 0.475 e. The molecule has 0 aliphatic rings. The fraction of sp³-hybridized carbons (Fsp3) is 0.632. The average Bonchev–Trinajstić information content (AvgIpc) is 3.22. The minimum atomic E-state index is -1.74. The number of aryl methyl sites for hydroxylation is 1. The standard InChI is InChI=1S/C19H33BN6O6S/c1-13(2)12-16(20(29)30)24-18(28)15(8-4-10-22-19(21)25-26(31)32)23-17(27)9-3-6-14-7-5-11-33-14/h5,7,11,13,15-16,29-30H,3-4,6,8-10,12H2,1-2H3,(H,23,27)(H,24,28)(H3,21,22,25)/t15-,16-/m0/s1. The Morgan fingerprint density at radius 1 is 1.30 bits per heavy atom. The molecule has 7 N–H and O–H groups in total. The highest BCUT2D eigenvalue weighted by Gasteiger charge is 2.29. The van der Waals surface area contributed by atoms with Crippen molar-refractivity contribution in [3.05, 3.63) is 32.5 Å². The highest BCUT2D eigenvalue weighted by Crippen LogP contribution is 2.12. The normalized spacial score (nSPS) is 13.3. The lowest BCUT2D eigenvalue weighted by atomic mass is 9.75. The Labute approximate surface area is 197 Å². The van der Waals surface area contributed by atoms with Crippen LogP contribution in [-0.2, 0) is 16.0 Å². The van der Waals surface area contributed by atoms with E-state index in [1.54, 1.807) is 16.8 Å².